The third kappa shape index (κ3) is 4.06. The zero-order valence-electron chi connectivity index (χ0n) is 14.4. The summed E-state index contributed by atoms with van der Waals surface area (Å²) in [6.45, 7) is 6.59. The van der Waals surface area contributed by atoms with Crippen LogP contribution in [-0.2, 0) is 16.6 Å². The largest absolute Gasteiger partial charge is 0.360 e. The second kappa shape index (κ2) is 7.45. The van der Waals surface area contributed by atoms with Gasteiger partial charge in [-0.3, -0.25) is 4.90 Å². The van der Waals surface area contributed by atoms with Crippen molar-refractivity contribution in [2.75, 3.05) is 26.2 Å². The van der Waals surface area contributed by atoms with Crippen LogP contribution in [0.25, 0.3) is 0 Å². The normalized spacial score (nSPS) is 17.6. The summed E-state index contributed by atoms with van der Waals surface area (Å²) < 4.78 is 32.5. The summed E-state index contributed by atoms with van der Waals surface area (Å²) in [6, 6.07) is 7.77. The molecule has 0 aliphatic carbocycles. The van der Waals surface area contributed by atoms with Gasteiger partial charge in [-0.15, -0.1) is 0 Å². The standard InChI is InChI=1S/C17H22ClN3O3S/c1-13-17(14(2)24-19-13)25(22,23)21-9-3-8-20(10-11-21)12-15-4-6-16(18)7-5-15/h4-7H,3,8-12H2,1-2H3. The lowest BCUT2D eigenvalue weighted by molar-refractivity contribution is 0.278. The highest BCUT2D eigenvalue weighted by atomic mass is 35.5. The molecule has 25 heavy (non-hydrogen) atoms. The Morgan fingerprint density at radius 3 is 2.48 bits per heavy atom. The maximum atomic E-state index is 12.9. The number of aryl methyl sites for hydroxylation is 2. The molecule has 0 radical (unpaired) electrons. The number of rotatable bonds is 4. The van der Waals surface area contributed by atoms with Crippen molar-refractivity contribution in [1.29, 1.82) is 0 Å². The quantitative estimate of drug-likeness (QED) is 0.812. The van der Waals surface area contributed by atoms with E-state index < -0.39 is 10.0 Å². The molecule has 0 amide bonds. The van der Waals surface area contributed by atoms with Gasteiger partial charge >= 0.3 is 0 Å². The van der Waals surface area contributed by atoms with Crippen LogP contribution < -0.4 is 0 Å². The first-order chi connectivity index (χ1) is 11.9. The van der Waals surface area contributed by atoms with Crippen molar-refractivity contribution in [2.24, 2.45) is 0 Å². The molecule has 2 aromatic rings. The van der Waals surface area contributed by atoms with E-state index in [1.165, 1.54) is 5.56 Å². The fourth-order valence-corrected chi connectivity index (χ4v) is 5.05. The van der Waals surface area contributed by atoms with Crippen LogP contribution in [0.4, 0.5) is 0 Å². The second-order valence-electron chi connectivity index (χ2n) is 6.31. The van der Waals surface area contributed by atoms with E-state index in [1.807, 2.05) is 24.3 Å². The van der Waals surface area contributed by atoms with E-state index in [9.17, 15) is 8.42 Å². The number of benzene rings is 1. The molecule has 8 heteroatoms. The summed E-state index contributed by atoms with van der Waals surface area (Å²) in [4.78, 5) is 2.48. The van der Waals surface area contributed by atoms with Crippen LogP contribution in [0.15, 0.2) is 33.7 Å². The molecular formula is C17H22ClN3O3S. The van der Waals surface area contributed by atoms with E-state index in [0.717, 1.165) is 24.5 Å². The minimum absolute atomic E-state index is 0.207. The molecule has 0 atom stereocenters. The first-order valence-corrected chi connectivity index (χ1v) is 10.1. The van der Waals surface area contributed by atoms with Gasteiger partial charge in [0.15, 0.2) is 5.76 Å². The van der Waals surface area contributed by atoms with Gasteiger partial charge in [0, 0.05) is 31.2 Å². The predicted octanol–water partition coefficient (Wildman–Crippen LogP) is 2.84. The summed E-state index contributed by atoms with van der Waals surface area (Å²) in [7, 11) is -3.57. The van der Waals surface area contributed by atoms with Crippen molar-refractivity contribution in [1.82, 2.24) is 14.4 Å². The Kier molecular flexibility index (Phi) is 5.48. The molecular weight excluding hydrogens is 362 g/mol. The summed E-state index contributed by atoms with van der Waals surface area (Å²) in [5.74, 6) is 0.347. The average Bonchev–Trinajstić information content (AvgIpc) is 2.77. The topological polar surface area (TPSA) is 66.7 Å². The number of hydrogen-bond acceptors (Lipinski definition) is 5. The van der Waals surface area contributed by atoms with E-state index in [0.29, 0.717) is 31.1 Å². The number of nitrogens with zero attached hydrogens (tertiary/aromatic N) is 3. The number of halogens is 1. The Morgan fingerprint density at radius 2 is 1.84 bits per heavy atom. The zero-order valence-corrected chi connectivity index (χ0v) is 16.0. The van der Waals surface area contributed by atoms with Gasteiger partial charge < -0.3 is 4.52 Å². The Bertz CT molecular complexity index is 814. The van der Waals surface area contributed by atoms with Crippen LogP contribution in [-0.4, -0.2) is 49.0 Å². The van der Waals surface area contributed by atoms with Crippen LogP contribution in [0, 0.1) is 13.8 Å². The Labute approximate surface area is 153 Å². The second-order valence-corrected chi connectivity index (χ2v) is 8.62. The minimum atomic E-state index is -3.57. The highest BCUT2D eigenvalue weighted by Crippen LogP contribution is 2.24. The highest BCUT2D eigenvalue weighted by molar-refractivity contribution is 7.89. The van der Waals surface area contributed by atoms with Crippen LogP contribution in [0.2, 0.25) is 5.02 Å². The van der Waals surface area contributed by atoms with E-state index in [4.69, 9.17) is 16.1 Å². The van der Waals surface area contributed by atoms with Crippen LogP contribution in [0.1, 0.15) is 23.4 Å². The highest BCUT2D eigenvalue weighted by Gasteiger charge is 2.32. The van der Waals surface area contributed by atoms with E-state index >= 15 is 0 Å². The molecule has 1 aromatic heterocycles. The molecule has 2 heterocycles. The van der Waals surface area contributed by atoms with Gasteiger partial charge in [-0.2, -0.15) is 4.31 Å². The molecule has 1 saturated heterocycles. The Hall–Kier alpha value is -1.41. The molecule has 0 saturated carbocycles. The molecule has 1 fully saturated rings. The lowest BCUT2D eigenvalue weighted by Crippen LogP contribution is -2.35. The first kappa shape index (κ1) is 18.4. The summed E-state index contributed by atoms with van der Waals surface area (Å²) >= 11 is 5.92. The van der Waals surface area contributed by atoms with Gasteiger partial charge in [-0.1, -0.05) is 28.9 Å². The SMILES string of the molecule is Cc1noc(C)c1S(=O)(=O)N1CCCN(Cc2ccc(Cl)cc2)CC1. The maximum absolute atomic E-state index is 12.9. The van der Waals surface area contributed by atoms with E-state index in [2.05, 4.69) is 10.1 Å². The molecule has 1 aromatic carbocycles. The van der Waals surface area contributed by atoms with Crippen LogP contribution in [0.5, 0.6) is 0 Å². The lowest BCUT2D eigenvalue weighted by Gasteiger charge is -2.21. The Balaban J connectivity index is 1.70. The van der Waals surface area contributed by atoms with Crippen molar-refractivity contribution < 1.29 is 12.9 Å². The fraction of sp³-hybridized carbons (Fsp3) is 0.471. The molecule has 3 rings (SSSR count). The third-order valence-electron chi connectivity index (χ3n) is 4.43. The molecule has 6 nitrogen and oxygen atoms in total. The third-order valence-corrected chi connectivity index (χ3v) is 6.83. The number of aromatic nitrogens is 1. The van der Waals surface area contributed by atoms with E-state index in [-0.39, 0.29) is 4.90 Å². The maximum Gasteiger partial charge on any atom is 0.248 e. The van der Waals surface area contributed by atoms with Crippen molar-refractivity contribution in [3.63, 3.8) is 0 Å². The monoisotopic (exact) mass is 383 g/mol. The predicted molar refractivity (Wildman–Crippen MR) is 96.1 cm³/mol. The molecule has 1 aliphatic heterocycles. The fourth-order valence-electron chi connectivity index (χ4n) is 3.17. The number of sulfonamides is 1. The van der Waals surface area contributed by atoms with Gasteiger partial charge in [-0.25, -0.2) is 8.42 Å². The Morgan fingerprint density at radius 1 is 1.12 bits per heavy atom. The summed E-state index contributed by atoms with van der Waals surface area (Å²) in [5.41, 5.74) is 1.59. The summed E-state index contributed by atoms with van der Waals surface area (Å²) in [6.07, 6.45) is 0.788. The van der Waals surface area contributed by atoms with Gasteiger partial charge in [0.25, 0.3) is 0 Å². The first-order valence-electron chi connectivity index (χ1n) is 8.28. The van der Waals surface area contributed by atoms with Gasteiger partial charge in [-0.05, 0) is 44.5 Å². The van der Waals surface area contributed by atoms with Crippen molar-refractivity contribution in [2.45, 2.75) is 31.7 Å². The van der Waals surface area contributed by atoms with Gasteiger partial charge in [0.1, 0.15) is 10.6 Å². The molecule has 0 spiro atoms. The molecule has 0 unspecified atom stereocenters. The van der Waals surface area contributed by atoms with Crippen LogP contribution in [0.3, 0.4) is 0 Å². The molecule has 0 N–H and O–H groups in total. The van der Waals surface area contributed by atoms with Crippen LogP contribution >= 0.6 is 11.6 Å². The van der Waals surface area contributed by atoms with Gasteiger partial charge in [0.05, 0.1) is 0 Å². The van der Waals surface area contributed by atoms with Crippen molar-refractivity contribution >= 4 is 21.6 Å². The lowest BCUT2D eigenvalue weighted by atomic mass is 10.2. The van der Waals surface area contributed by atoms with Crippen molar-refractivity contribution in [3.8, 4) is 0 Å². The minimum Gasteiger partial charge on any atom is -0.360 e. The van der Waals surface area contributed by atoms with Crippen molar-refractivity contribution in [3.05, 3.63) is 46.3 Å². The molecule has 136 valence electrons. The average molecular weight is 384 g/mol. The molecule has 1 aliphatic rings. The smallest absolute Gasteiger partial charge is 0.248 e. The summed E-state index contributed by atoms with van der Waals surface area (Å²) in [5, 5.41) is 4.50. The zero-order chi connectivity index (χ0) is 18.0. The van der Waals surface area contributed by atoms with E-state index in [1.54, 1.807) is 18.2 Å². The number of hydrogen-bond donors (Lipinski definition) is 0. The molecule has 0 bridgehead atoms. The van der Waals surface area contributed by atoms with Gasteiger partial charge in [0.2, 0.25) is 10.0 Å².